The Balaban J connectivity index is 1.84. The van der Waals surface area contributed by atoms with Crippen LogP contribution in [0.3, 0.4) is 0 Å². The standard InChI is InChI=1S/C18H24N6O3/c1-21(13-15-5-3-2-4-6-15)17-16(24(26)27)18(20-14-19-17)23-9-7-22(8-10-23)11-12-25/h2-6,14,25H,7-13H2,1H3. The molecule has 0 unspecified atom stereocenters. The lowest BCUT2D eigenvalue weighted by molar-refractivity contribution is -0.383. The molecule has 2 aromatic rings. The Kier molecular flexibility index (Phi) is 6.15. The third kappa shape index (κ3) is 4.50. The lowest BCUT2D eigenvalue weighted by atomic mass is 10.2. The minimum Gasteiger partial charge on any atom is -0.395 e. The molecule has 1 saturated heterocycles. The molecule has 144 valence electrons. The van der Waals surface area contributed by atoms with E-state index in [9.17, 15) is 10.1 Å². The Hall–Kier alpha value is -2.78. The number of anilines is 2. The van der Waals surface area contributed by atoms with Gasteiger partial charge in [0.1, 0.15) is 6.33 Å². The predicted molar refractivity (Wildman–Crippen MR) is 103 cm³/mol. The molecule has 0 bridgehead atoms. The van der Waals surface area contributed by atoms with Gasteiger partial charge in [0.15, 0.2) is 0 Å². The highest BCUT2D eigenvalue weighted by molar-refractivity contribution is 5.71. The lowest BCUT2D eigenvalue weighted by Crippen LogP contribution is -2.47. The number of hydrogen-bond acceptors (Lipinski definition) is 8. The summed E-state index contributed by atoms with van der Waals surface area (Å²) in [6, 6.07) is 9.77. The molecular formula is C18H24N6O3. The van der Waals surface area contributed by atoms with Gasteiger partial charge in [0, 0.05) is 46.3 Å². The van der Waals surface area contributed by atoms with Gasteiger partial charge in [0.25, 0.3) is 0 Å². The van der Waals surface area contributed by atoms with Crippen LogP contribution in [0.1, 0.15) is 5.56 Å². The number of nitro groups is 1. The lowest BCUT2D eigenvalue weighted by Gasteiger charge is -2.34. The van der Waals surface area contributed by atoms with Gasteiger partial charge in [-0.3, -0.25) is 15.0 Å². The number of rotatable bonds is 7. The maximum absolute atomic E-state index is 11.8. The topological polar surface area (TPSA) is 98.9 Å². The van der Waals surface area contributed by atoms with Gasteiger partial charge in [-0.1, -0.05) is 30.3 Å². The summed E-state index contributed by atoms with van der Waals surface area (Å²) in [5.74, 6) is 0.667. The van der Waals surface area contributed by atoms with Crippen molar-refractivity contribution in [1.29, 1.82) is 0 Å². The summed E-state index contributed by atoms with van der Waals surface area (Å²) in [5.41, 5.74) is 0.985. The number of β-amino-alcohol motifs (C(OH)–C–C–N with tert-alkyl or cyclic N) is 1. The largest absolute Gasteiger partial charge is 0.395 e. The second kappa shape index (κ2) is 8.74. The summed E-state index contributed by atoms with van der Waals surface area (Å²) >= 11 is 0. The molecule has 2 heterocycles. The normalized spacial score (nSPS) is 15.0. The minimum atomic E-state index is -0.397. The van der Waals surface area contributed by atoms with Crippen LogP contribution < -0.4 is 9.80 Å². The van der Waals surface area contributed by atoms with Crippen molar-refractivity contribution < 1.29 is 10.0 Å². The van der Waals surface area contributed by atoms with E-state index in [0.717, 1.165) is 18.7 Å². The van der Waals surface area contributed by atoms with Crippen LogP contribution in [0.2, 0.25) is 0 Å². The van der Waals surface area contributed by atoms with Crippen molar-refractivity contribution in [2.75, 3.05) is 56.2 Å². The summed E-state index contributed by atoms with van der Waals surface area (Å²) in [5, 5.41) is 20.9. The molecule has 1 aliphatic heterocycles. The highest BCUT2D eigenvalue weighted by Gasteiger charge is 2.30. The third-order valence-corrected chi connectivity index (χ3v) is 4.68. The molecule has 27 heavy (non-hydrogen) atoms. The fraction of sp³-hybridized carbons (Fsp3) is 0.444. The number of benzene rings is 1. The first-order chi connectivity index (χ1) is 13.1. The summed E-state index contributed by atoms with van der Waals surface area (Å²) < 4.78 is 0. The van der Waals surface area contributed by atoms with Gasteiger partial charge in [-0.2, -0.15) is 0 Å². The predicted octanol–water partition coefficient (Wildman–Crippen LogP) is 1.14. The Morgan fingerprint density at radius 1 is 1.19 bits per heavy atom. The molecule has 9 nitrogen and oxygen atoms in total. The number of piperazine rings is 1. The van der Waals surface area contributed by atoms with Crippen LogP contribution in [0.15, 0.2) is 36.7 Å². The van der Waals surface area contributed by atoms with Crippen LogP contribution in [-0.4, -0.2) is 71.3 Å². The van der Waals surface area contributed by atoms with Gasteiger partial charge >= 0.3 is 5.69 Å². The highest BCUT2D eigenvalue weighted by Crippen LogP contribution is 2.34. The van der Waals surface area contributed by atoms with Crippen molar-refractivity contribution in [3.05, 3.63) is 52.3 Å². The number of nitrogens with zero attached hydrogens (tertiary/aromatic N) is 6. The van der Waals surface area contributed by atoms with Crippen LogP contribution in [0.25, 0.3) is 0 Å². The molecule has 0 saturated carbocycles. The Labute approximate surface area is 158 Å². The van der Waals surface area contributed by atoms with Crippen LogP contribution in [-0.2, 0) is 6.54 Å². The fourth-order valence-corrected chi connectivity index (χ4v) is 3.29. The van der Waals surface area contributed by atoms with E-state index in [1.165, 1.54) is 6.33 Å². The van der Waals surface area contributed by atoms with Gasteiger partial charge < -0.3 is 14.9 Å². The van der Waals surface area contributed by atoms with Crippen molar-refractivity contribution in [3.63, 3.8) is 0 Å². The van der Waals surface area contributed by atoms with Crippen LogP contribution in [0.4, 0.5) is 17.3 Å². The molecule has 1 N–H and O–H groups in total. The summed E-state index contributed by atoms with van der Waals surface area (Å²) in [6.45, 7) is 3.96. The van der Waals surface area contributed by atoms with Crippen molar-refractivity contribution in [2.24, 2.45) is 0 Å². The number of aromatic nitrogens is 2. The maximum Gasteiger partial charge on any atom is 0.353 e. The first-order valence-corrected chi connectivity index (χ1v) is 8.92. The molecule has 1 aromatic heterocycles. The molecule has 0 aliphatic carbocycles. The first kappa shape index (κ1) is 19.0. The van der Waals surface area contributed by atoms with Gasteiger partial charge in [0.2, 0.25) is 11.6 Å². The summed E-state index contributed by atoms with van der Waals surface area (Å²) in [7, 11) is 1.80. The fourth-order valence-electron chi connectivity index (χ4n) is 3.29. The molecular weight excluding hydrogens is 348 g/mol. The van der Waals surface area contributed by atoms with E-state index >= 15 is 0 Å². The number of hydrogen-bond donors (Lipinski definition) is 1. The smallest absolute Gasteiger partial charge is 0.353 e. The number of aliphatic hydroxyl groups is 1. The molecule has 0 amide bonds. The summed E-state index contributed by atoms with van der Waals surface area (Å²) in [4.78, 5) is 25.7. The van der Waals surface area contributed by atoms with E-state index in [4.69, 9.17) is 5.11 Å². The van der Waals surface area contributed by atoms with Crippen molar-refractivity contribution in [3.8, 4) is 0 Å². The zero-order valence-corrected chi connectivity index (χ0v) is 15.4. The summed E-state index contributed by atoms with van der Waals surface area (Å²) in [6.07, 6.45) is 1.39. The average Bonchev–Trinajstić information content (AvgIpc) is 2.69. The highest BCUT2D eigenvalue weighted by atomic mass is 16.6. The molecule has 1 aromatic carbocycles. The Morgan fingerprint density at radius 2 is 1.89 bits per heavy atom. The molecule has 0 atom stereocenters. The van der Waals surface area contributed by atoms with E-state index in [2.05, 4.69) is 14.9 Å². The molecule has 0 radical (unpaired) electrons. The Bertz CT molecular complexity index is 765. The molecule has 3 rings (SSSR count). The number of aliphatic hydroxyl groups excluding tert-OH is 1. The maximum atomic E-state index is 11.8. The van der Waals surface area contributed by atoms with Crippen LogP contribution in [0.5, 0.6) is 0 Å². The minimum absolute atomic E-state index is 0.0634. The van der Waals surface area contributed by atoms with Crippen molar-refractivity contribution in [2.45, 2.75) is 6.54 Å². The first-order valence-electron chi connectivity index (χ1n) is 8.92. The van der Waals surface area contributed by atoms with Crippen molar-refractivity contribution in [1.82, 2.24) is 14.9 Å². The van der Waals surface area contributed by atoms with Crippen molar-refractivity contribution >= 4 is 17.3 Å². The SMILES string of the molecule is CN(Cc1ccccc1)c1ncnc(N2CCN(CCO)CC2)c1[N+](=O)[O-]. The molecule has 1 aliphatic rings. The molecule has 0 spiro atoms. The van der Waals surface area contributed by atoms with E-state index in [0.29, 0.717) is 37.8 Å². The van der Waals surface area contributed by atoms with Gasteiger partial charge in [0.05, 0.1) is 11.5 Å². The van der Waals surface area contributed by atoms with E-state index < -0.39 is 4.92 Å². The molecule has 9 heteroatoms. The second-order valence-electron chi connectivity index (χ2n) is 6.52. The molecule has 1 fully saturated rings. The second-order valence-corrected chi connectivity index (χ2v) is 6.52. The third-order valence-electron chi connectivity index (χ3n) is 4.68. The zero-order valence-electron chi connectivity index (χ0n) is 15.4. The quantitative estimate of drug-likeness (QED) is 0.571. The Morgan fingerprint density at radius 3 is 2.52 bits per heavy atom. The van der Waals surface area contributed by atoms with E-state index in [1.807, 2.05) is 35.2 Å². The van der Waals surface area contributed by atoms with Gasteiger partial charge in [-0.25, -0.2) is 9.97 Å². The monoisotopic (exact) mass is 372 g/mol. The average molecular weight is 372 g/mol. The zero-order chi connectivity index (χ0) is 19.2. The van der Waals surface area contributed by atoms with Crippen LogP contribution in [0, 0.1) is 10.1 Å². The van der Waals surface area contributed by atoms with Gasteiger partial charge in [-0.15, -0.1) is 0 Å². The van der Waals surface area contributed by atoms with Gasteiger partial charge in [-0.05, 0) is 5.56 Å². The van der Waals surface area contributed by atoms with E-state index in [1.54, 1.807) is 11.9 Å². The van der Waals surface area contributed by atoms with Crippen LogP contribution >= 0.6 is 0 Å². The van der Waals surface area contributed by atoms with E-state index in [-0.39, 0.29) is 12.3 Å².